The Hall–Kier alpha value is -10.5. The summed E-state index contributed by atoms with van der Waals surface area (Å²) in [4.78, 5) is 2.61. The number of hydrogen-bond donors (Lipinski definition) is 0. The van der Waals surface area contributed by atoms with Gasteiger partial charge in [-0.05, 0) is 126 Å². The fourth-order valence-electron chi connectivity index (χ4n) is 16.1. The number of nitrogens with zero attached hydrogens (tertiary/aromatic N) is 2. The van der Waals surface area contributed by atoms with Gasteiger partial charge in [-0.15, -0.1) is 0 Å². The zero-order valence-electron chi connectivity index (χ0n) is 43.9. The molecule has 374 valence electrons. The van der Waals surface area contributed by atoms with Crippen molar-refractivity contribution in [3.8, 4) is 50.2 Å². The Labute approximate surface area is 467 Å². The number of rotatable bonds is 4. The Morgan fingerprint density at radius 2 is 0.815 bits per heavy atom. The van der Waals surface area contributed by atoms with Crippen LogP contribution in [0.5, 0.6) is 0 Å². The molecule has 15 aromatic rings. The van der Waals surface area contributed by atoms with Crippen molar-refractivity contribution in [2.45, 2.75) is 10.8 Å². The maximum atomic E-state index is 6.68. The van der Waals surface area contributed by atoms with E-state index in [1.807, 2.05) is 0 Å². The maximum absolute atomic E-state index is 6.68. The standard InChI is InChI=1S/C78H46N2O/c1-2-25-55-52(22-1)71(46-67-73(55)58-26-5-11-33-62(58)77(67)60-31-9-3-20-50(60)51-21-4-10-32-61(51)77)79(48-44-42-47(43-45-48)49-28-17-30-57-54-24-8-16-41-72(54)81-76(49)57)70-40-19-36-65-74(70)59-27-6-12-34-63(59)78(65)64-35-13-15-39-69(64)80-68-38-14-7-23-53(68)56-29-18-37-66(78)75(56)80/h1-46H. The minimum atomic E-state index is -0.633. The van der Waals surface area contributed by atoms with Crippen molar-refractivity contribution in [1.82, 2.24) is 4.57 Å². The van der Waals surface area contributed by atoms with Crippen LogP contribution in [0.4, 0.5) is 17.1 Å². The monoisotopic (exact) mass is 1030 g/mol. The average molecular weight is 1030 g/mol. The molecule has 2 aromatic heterocycles. The van der Waals surface area contributed by atoms with Crippen molar-refractivity contribution in [1.29, 1.82) is 0 Å². The Bertz CT molecular complexity index is 5220. The van der Waals surface area contributed by atoms with Crippen LogP contribution in [-0.4, -0.2) is 4.57 Å². The molecule has 1 aliphatic heterocycles. The number of fused-ring (bicyclic) bond motifs is 27. The third-order valence-electron chi connectivity index (χ3n) is 19.0. The van der Waals surface area contributed by atoms with E-state index in [1.54, 1.807) is 0 Å². The highest BCUT2D eigenvalue weighted by molar-refractivity contribution is 6.16. The van der Waals surface area contributed by atoms with Crippen LogP contribution in [0.3, 0.4) is 0 Å². The van der Waals surface area contributed by atoms with Gasteiger partial charge in [-0.2, -0.15) is 0 Å². The summed E-state index contributed by atoms with van der Waals surface area (Å²) in [6, 6.07) is 105. The number of furan rings is 1. The molecule has 3 aliphatic carbocycles. The van der Waals surface area contributed by atoms with E-state index in [4.69, 9.17) is 4.42 Å². The number of aromatic nitrogens is 1. The average Bonchev–Trinajstić information content (AvgIpc) is 2.42. The van der Waals surface area contributed by atoms with Crippen LogP contribution in [0.15, 0.2) is 283 Å². The van der Waals surface area contributed by atoms with Gasteiger partial charge in [0.15, 0.2) is 0 Å². The van der Waals surface area contributed by atoms with E-state index in [1.165, 1.54) is 116 Å². The molecule has 0 fully saturated rings. The Morgan fingerprint density at radius 1 is 0.309 bits per heavy atom. The number of para-hydroxylation sites is 5. The summed E-state index contributed by atoms with van der Waals surface area (Å²) in [7, 11) is 0. The van der Waals surface area contributed by atoms with Crippen LogP contribution in [0.2, 0.25) is 0 Å². The van der Waals surface area contributed by atoms with E-state index in [0.717, 1.165) is 50.1 Å². The van der Waals surface area contributed by atoms with E-state index in [-0.39, 0.29) is 0 Å². The molecule has 0 saturated carbocycles. The first-order valence-corrected chi connectivity index (χ1v) is 28.2. The van der Waals surface area contributed by atoms with Crippen molar-refractivity contribution in [2.24, 2.45) is 0 Å². The van der Waals surface area contributed by atoms with Crippen LogP contribution in [0.25, 0.3) is 105 Å². The molecule has 0 bridgehead atoms. The number of anilines is 3. The summed E-state index contributed by atoms with van der Waals surface area (Å²) < 4.78 is 9.22. The molecule has 3 heterocycles. The highest BCUT2D eigenvalue weighted by Crippen LogP contribution is 2.67. The lowest BCUT2D eigenvalue weighted by molar-refractivity contribution is 0.670. The molecule has 81 heavy (non-hydrogen) atoms. The topological polar surface area (TPSA) is 21.3 Å². The van der Waals surface area contributed by atoms with E-state index in [2.05, 4.69) is 289 Å². The van der Waals surface area contributed by atoms with E-state index in [0.29, 0.717) is 0 Å². The molecule has 19 rings (SSSR count). The molecule has 1 atom stereocenters. The van der Waals surface area contributed by atoms with Gasteiger partial charge < -0.3 is 13.9 Å². The first-order valence-electron chi connectivity index (χ1n) is 28.2. The molecule has 4 aliphatic rings. The van der Waals surface area contributed by atoms with Gasteiger partial charge in [0.25, 0.3) is 0 Å². The van der Waals surface area contributed by atoms with Crippen molar-refractivity contribution < 1.29 is 4.42 Å². The Balaban J connectivity index is 0.930. The third-order valence-corrected chi connectivity index (χ3v) is 19.0. The van der Waals surface area contributed by atoms with Gasteiger partial charge >= 0.3 is 0 Å². The van der Waals surface area contributed by atoms with Gasteiger partial charge in [-0.25, -0.2) is 0 Å². The van der Waals surface area contributed by atoms with Gasteiger partial charge in [-0.3, -0.25) is 0 Å². The molecule has 1 unspecified atom stereocenters. The van der Waals surface area contributed by atoms with Gasteiger partial charge in [0.05, 0.1) is 38.9 Å². The van der Waals surface area contributed by atoms with Gasteiger partial charge in [0.2, 0.25) is 0 Å². The SMILES string of the molecule is c1ccc2c(c1)-c1ccccc1C21c2ccccc2-c2c1cc(N(c1ccc(-c3cccc4c3oc3ccccc34)cc1)c1cccc3c1-c1ccccc1C31c3ccccc3-n3c4ccccc4c4cccc1c43)c1ccccc21. The lowest BCUT2D eigenvalue weighted by atomic mass is 9.65. The zero-order chi connectivity index (χ0) is 52.7. The largest absolute Gasteiger partial charge is 0.455 e. The molecule has 3 nitrogen and oxygen atoms in total. The van der Waals surface area contributed by atoms with Crippen LogP contribution >= 0.6 is 0 Å². The van der Waals surface area contributed by atoms with E-state index in [9.17, 15) is 0 Å². The molecular formula is C78H46N2O. The van der Waals surface area contributed by atoms with Crippen LogP contribution in [0, 0.1) is 0 Å². The highest BCUT2D eigenvalue weighted by Gasteiger charge is 2.54. The van der Waals surface area contributed by atoms with Gasteiger partial charge in [-0.1, -0.05) is 237 Å². The zero-order valence-corrected chi connectivity index (χ0v) is 43.9. The van der Waals surface area contributed by atoms with Crippen LogP contribution in [0.1, 0.15) is 44.5 Å². The first kappa shape index (κ1) is 43.5. The second-order valence-electron chi connectivity index (χ2n) is 22.5. The van der Waals surface area contributed by atoms with E-state index < -0.39 is 10.8 Å². The van der Waals surface area contributed by atoms with Crippen LogP contribution < -0.4 is 4.90 Å². The summed E-state index contributed by atoms with van der Waals surface area (Å²) in [5.41, 5.74) is 27.9. The lowest BCUT2D eigenvalue weighted by Gasteiger charge is -2.39. The van der Waals surface area contributed by atoms with Crippen molar-refractivity contribution in [3.05, 3.63) is 324 Å². The Morgan fingerprint density at radius 3 is 1.57 bits per heavy atom. The maximum Gasteiger partial charge on any atom is 0.143 e. The van der Waals surface area contributed by atoms with Crippen molar-refractivity contribution >= 4 is 71.6 Å². The Kier molecular flexibility index (Phi) is 8.39. The number of hydrogen-bond acceptors (Lipinski definition) is 2. The predicted octanol–water partition coefficient (Wildman–Crippen LogP) is 20.0. The minimum Gasteiger partial charge on any atom is -0.455 e. The molecule has 0 N–H and O–H groups in total. The highest BCUT2D eigenvalue weighted by atomic mass is 16.3. The molecule has 0 saturated heterocycles. The lowest BCUT2D eigenvalue weighted by Crippen LogP contribution is -2.33. The predicted molar refractivity (Wildman–Crippen MR) is 333 cm³/mol. The summed E-state index contributed by atoms with van der Waals surface area (Å²) in [6.07, 6.45) is 0. The summed E-state index contributed by atoms with van der Waals surface area (Å²) in [6.45, 7) is 0. The van der Waals surface area contributed by atoms with Gasteiger partial charge in [0, 0.05) is 43.7 Å². The molecule has 0 radical (unpaired) electrons. The fourth-order valence-corrected chi connectivity index (χ4v) is 16.1. The summed E-state index contributed by atoms with van der Waals surface area (Å²) in [5, 5.41) is 7.21. The smallest absolute Gasteiger partial charge is 0.143 e. The van der Waals surface area contributed by atoms with Gasteiger partial charge in [0.1, 0.15) is 11.2 Å². The summed E-state index contributed by atoms with van der Waals surface area (Å²) in [5.74, 6) is 0. The van der Waals surface area contributed by atoms with Crippen molar-refractivity contribution in [3.63, 3.8) is 0 Å². The molecule has 13 aromatic carbocycles. The van der Waals surface area contributed by atoms with Crippen molar-refractivity contribution in [2.75, 3.05) is 4.90 Å². The second kappa shape index (κ2) is 15.6. The minimum absolute atomic E-state index is 0.559. The molecule has 2 spiro atoms. The number of benzene rings is 13. The molecule has 0 amide bonds. The first-order chi connectivity index (χ1) is 40.2. The molecular weight excluding hydrogens is 981 g/mol. The quantitative estimate of drug-likeness (QED) is 0.175. The van der Waals surface area contributed by atoms with E-state index >= 15 is 0 Å². The summed E-state index contributed by atoms with van der Waals surface area (Å²) >= 11 is 0. The second-order valence-corrected chi connectivity index (χ2v) is 22.5. The third kappa shape index (κ3) is 5.26. The molecule has 3 heteroatoms. The normalized spacial score (nSPS) is 15.3. The fraction of sp³-hybridized carbons (Fsp3) is 0.0256. The van der Waals surface area contributed by atoms with Crippen LogP contribution in [-0.2, 0) is 10.8 Å².